The van der Waals surface area contributed by atoms with Gasteiger partial charge in [-0.1, -0.05) is 19.9 Å². The van der Waals surface area contributed by atoms with Crippen LogP contribution in [0, 0.1) is 24.2 Å². The summed E-state index contributed by atoms with van der Waals surface area (Å²) in [6, 6.07) is 6.47. The van der Waals surface area contributed by atoms with Crippen molar-refractivity contribution in [3.8, 4) is 0 Å². The lowest BCUT2D eigenvalue weighted by Gasteiger charge is -2.64. The van der Waals surface area contributed by atoms with Crippen LogP contribution < -0.4 is 0 Å². The van der Waals surface area contributed by atoms with Gasteiger partial charge in [0.2, 0.25) is 5.90 Å². The molecule has 5 aliphatic rings. The summed E-state index contributed by atoms with van der Waals surface area (Å²) in [4.78, 5) is 4.73. The number of rotatable bonds is 3. The van der Waals surface area contributed by atoms with E-state index in [9.17, 15) is 0 Å². The van der Waals surface area contributed by atoms with Gasteiger partial charge in [-0.15, -0.1) is 0 Å². The van der Waals surface area contributed by atoms with Crippen LogP contribution in [0.1, 0.15) is 64.2 Å². The Morgan fingerprint density at radius 3 is 2.61 bits per heavy atom. The molecule has 1 saturated heterocycles. The highest BCUT2D eigenvalue weighted by Crippen LogP contribution is 2.65. The average molecular weight is 381 g/mol. The van der Waals surface area contributed by atoms with E-state index in [-0.39, 0.29) is 24.4 Å². The van der Waals surface area contributed by atoms with E-state index in [0.717, 1.165) is 30.1 Å². The first-order valence-corrected chi connectivity index (χ1v) is 10.7. The molecule has 2 heterocycles. The van der Waals surface area contributed by atoms with E-state index in [1.165, 1.54) is 17.5 Å². The van der Waals surface area contributed by atoms with Crippen molar-refractivity contribution in [2.45, 2.75) is 77.9 Å². The van der Waals surface area contributed by atoms with Gasteiger partial charge in [-0.3, -0.25) is 0 Å². The largest absolute Gasteiger partial charge is 0.475 e. The van der Waals surface area contributed by atoms with Crippen molar-refractivity contribution >= 4 is 13.0 Å². The average Bonchev–Trinajstić information content (AvgIpc) is 3.14. The Kier molecular flexibility index (Phi) is 3.91. The molecule has 4 fully saturated rings. The van der Waals surface area contributed by atoms with E-state index >= 15 is 0 Å². The molecular formula is C23H32BNO3. The number of ether oxygens (including phenoxy) is 1. The third-order valence-corrected chi connectivity index (χ3v) is 7.95. The molecule has 3 aliphatic carbocycles. The van der Waals surface area contributed by atoms with Crippen LogP contribution in [0.25, 0.3) is 0 Å². The molecule has 4 unspecified atom stereocenters. The van der Waals surface area contributed by atoms with Gasteiger partial charge in [0.25, 0.3) is 0 Å². The summed E-state index contributed by atoms with van der Waals surface area (Å²) in [5.74, 6) is 2.14. The third-order valence-electron chi connectivity index (χ3n) is 7.95. The maximum Gasteiger partial charge on any atom is 0.462 e. The number of hydrogen-bond donors (Lipinski definition) is 0. The van der Waals surface area contributed by atoms with Crippen molar-refractivity contribution in [1.82, 2.24) is 0 Å². The van der Waals surface area contributed by atoms with Crippen LogP contribution in [0.4, 0.5) is 0 Å². The summed E-state index contributed by atoms with van der Waals surface area (Å²) >= 11 is 0. The van der Waals surface area contributed by atoms with Crippen molar-refractivity contribution in [1.29, 1.82) is 0 Å². The van der Waals surface area contributed by atoms with Gasteiger partial charge in [-0.05, 0) is 81.0 Å². The van der Waals surface area contributed by atoms with Gasteiger partial charge in [0, 0.05) is 11.9 Å². The zero-order chi connectivity index (χ0) is 19.9. The first-order chi connectivity index (χ1) is 13.1. The third kappa shape index (κ3) is 2.69. The van der Waals surface area contributed by atoms with Crippen LogP contribution in [-0.2, 0) is 20.4 Å². The molecule has 3 saturated carbocycles. The summed E-state index contributed by atoms with van der Waals surface area (Å²) in [5, 5.41) is 0. The zero-order valence-electron chi connectivity index (χ0n) is 18.0. The minimum atomic E-state index is -0.165. The molecule has 1 aromatic carbocycles. The minimum Gasteiger partial charge on any atom is -0.475 e. The van der Waals surface area contributed by atoms with Crippen LogP contribution in [0.2, 0.25) is 0 Å². The first-order valence-electron chi connectivity index (χ1n) is 10.7. The quantitative estimate of drug-likeness (QED) is 0.731. The predicted molar refractivity (Wildman–Crippen MR) is 112 cm³/mol. The lowest BCUT2D eigenvalue weighted by atomic mass is 9.43. The van der Waals surface area contributed by atoms with Crippen LogP contribution in [-0.4, -0.2) is 36.9 Å². The van der Waals surface area contributed by atoms with Crippen LogP contribution in [0.5, 0.6) is 0 Å². The van der Waals surface area contributed by atoms with E-state index < -0.39 is 0 Å². The maximum absolute atomic E-state index is 6.61. The molecule has 4 nitrogen and oxygen atoms in total. The van der Waals surface area contributed by atoms with Gasteiger partial charge in [0.05, 0.1) is 17.2 Å². The molecule has 6 rings (SSSR count). The molecular weight excluding hydrogens is 349 g/mol. The molecule has 28 heavy (non-hydrogen) atoms. The second-order valence-electron chi connectivity index (χ2n) is 10.8. The van der Waals surface area contributed by atoms with E-state index in [1.54, 1.807) is 0 Å². The Morgan fingerprint density at radius 2 is 1.93 bits per heavy atom. The molecule has 0 amide bonds. The maximum atomic E-state index is 6.61. The molecule has 1 aromatic rings. The van der Waals surface area contributed by atoms with Gasteiger partial charge in [0.1, 0.15) is 6.61 Å². The highest BCUT2D eigenvalue weighted by atomic mass is 16.7. The highest BCUT2D eigenvalue weighted by molar-refractivity contribution is 6.44. The lowest BCUT2D eigenvalue weighted by Crippen LogP contribution is -2.65. The van der Waals surface area contributed by atoms with Gasteiger partial charge in [-0.2, -0.15) is 0 Å². The number of aliphatic imine (C=N–C) groups is 1. The van der Waals surface area contributed by atoms with Gasteiger partial charge >= 0.3 is 7.12 Å². The number of nitrogens with zero attached hydrogens (tertiary/aromatic N) is 1. The summed E-state index contributed by atoms with van der Waals surface area (Å²) in [6.45, 7) is 14.1. The number of benzene rings is 1. The molecule has 0 spiro atoms. The Hall–Kier alpha value is -1.33. The predicted octanol–water partition coefficient (Wildman–Crippen LogP) is 4.36. The molecule has 0 N–H and O–H groups in total. The monoisotopic (exact) mass is 381 g/mol. The fraction of sp³-hybridized carbons (Fsp3) is 0.696. The van der Waals surface area contributed by atoms with Crippen LogP contribution in [0.15, 0.2) is 23.2 Å². The van der Waals surface area contributed by atoms with Crippen molar-refractivity contribution in [3.05, 3.63) is 34.9 Å². The Labute approximate surface area is 169 Å². The van der Waals surface area contributed by atoms with E-state index in [2.05, 4.69) is 59.7 Å². The van der Waals surface area contributed by atoms with Crippen LogP contribution in [0.3, 0.4) is 0 Å². The van der Waals surface area contributed by atoms with Crippen molar-refractivity contribution in [3.63, 3.8) is 0 Å². The molecule has 4 atom stereocenters. The molecule has 0 radical (unpaired) electrons. The first kappa shape index (κ1) is 18.7. The standard InChI is InChI=1S/C23H32BNO3/c1-14-7-8-15(20-25-21(2,3)13-26-20)9-16(14)12-24-27-19-11-17-10-18(22(17,4)5)23(19,6)28-24/h7-9,17-19H,10-13H2,1-6H3. The topological polar surface area (TPSA) is 40.0 Å². The Balaban J connectivity index is 1.36. The van der Waals surface area contributed by atoms with Gasteiger partial charge in [0.15, 0.2) is 0 Å². The van der Waals surface area contributed by atoms with E-state index in [4.69, 9.17) is 19.0 Å². The fourth-order valence-electron chi connectivity index (χ4n) is 5.97. The SMILES string of the molecule is Cc1ccc(C2=NC(C)(C)CO2)cc1CB1OC2CC3CC(C3(C)C)C2(C)O1. The Morgan fingerprint density at radius 1 is 1.14 bits per heavy atom. The van der Waals surface area contributed by atoms with Gasteiger partial charge in [-0.25, -0.2) is 4.99 Å². The van der Waals surface area contributed by atoms with Crippen molar-refractivity contribution in [2.24, 2.45) is 22.2 Å². The normalized spacial score (nSPS) is 37.1. The molecule has 2 bridgehead atoms. The second kappa shape index (κ2) is 5.85. The minimum absolute atomic E-state index is 0.142. The van der Waals surface area contributed by atoms with Gasteiger partial charge < -0.3 is 14.0 Å². The second-order valence-corrected chi connectivity index (χ2v) is 10.8. The molecule has 5 heteroatoms. The van der Waals surface area contributed by atoms with E-state index in [1.807, 2.05) is 0 Å². The lowest BCUT2D eigenvalue weighted by molar-refractivity contribution is -0.199. The summed E-state index contributed by atoms with van der Waals surface area (Å²) in [5.41, 5.74) is 3.67. The smallest absolute Gasteiger partial charge is 0.462 e. The Bertz CT molecular complexity index is 848. The van der Waals surface area contributed by atoms with Crippen LogP contribution >= 0.6 is 0 Å². The molecule has 0 aromatic heterocycles. The van der Waals surface area contributed by atoms with Crippen molar-refractivity contribution in [2.75, 3.05) is 6.61 Å². The summed E-state index contributed by atoms with van der Waals surface area (Å²) < 4.78 is 18.9. The number of aryl methyl sites for hydroxylation is 1. The number of hydrogen-bond acceptors (Lipinski definition) is 4. The van der Waals surface area contributed by atoms with E-state index in [0.29, 0.717) is 17.9 Å². The summed E-state index contributed by atoms with van der Waals surface area (Å²) in [6.07, 6.45) is 3.44. The zero-order valence-corrected chi connectivity index (χ0v) is 18.0. The molecule has 2 aliphatic heterocycles. The van der Waals surface area contributed by atoms with Crippen molar-refractivity contribution < 1.29 is 14.0 Å². The summed E-state index contributed by atoms with van der Waals surface area (Å²) in [7, 11) is -0.165. The fourth-order valence-corrected chi connectivity index (χ4v) is 5.97. The highest BCUT2D eigenvalue weighted by Gasteiger charge is 2.67. The molecule has 150 valence electrons.